The zero-order valence-electron chi connectivity index (χ0n) is 16.0. The summed E-state index contributed by atoms with van der Waals surface area (Å²) in [6.45, 7) is 4.47. The molecule has 0 N–H and O–H groups in total. The van der Waals surface area contributed by atoms with Crippen molar-refractivity contribution in [2.24, 2.45) is 0 Å². The Balaban J connectivity index is 1.51. The van der Waals surface area contributed by atoms with Gasteiger partial charge in [-0.05, 0) is 80.9 Å². The van der Waals surface area contributed by atoms with Gasteiger partial charge in [-0.25, -0.2) is 9.37 Å². The maximum absolute atomic E-state index is 13.4. The smallest absolute Gasteiger partial charge is 0.215 e. The van der Waals surface area contributed by atoms with Gasteiger partial charge in [-0.1, -0.05) is 18.6 Å². The summed E-state index contributed by atoms with van der Waals surface area (Å²) >= 11 is 0. The molecule has 4 aromatic rings. The van der Waals surface area contributed by atoms with Crippen molar-refractivity contribution >= 4 is 16.8 Å². The highest BCUT2D eigenvalue weighted by Crippen LogP contribution is 2.27. The molecule has 144 valence electrons. The van der Waals surface area contributed by atoms with Crippen LogP contribution in [0.15, 0.2) is 54.7 Å². The highest BCUT2D eigenvalue weighted by Gasteiger charge is 2.16. The van der Waals surface area contributed by atoms with Crippen LogP contribution in [0, 0.1) is 5.82 Å². The van der Waals surface area contributed by atoms with Crippen LogP contribution >= 0.6 is 0 Å². The summed E-state index contributed by atoms with van der Waals surface area (Å²) < 4.78 is 17.9. The minimum absolute atomic E-state index is 0.206. The van der Waals surface area contributed by atoms with Gasteiger partial charge >= 0.3 is 0 Å². The second-order valence-electron chi connectivity index (χ2n) is 7.70. The molecule has 4 nitrogen and oxygen atoms in total. The van der Waals surface area contributed by atoms with Crippen molar-refractivity contribution in [3.63, 3.8) is 0 Å². The molecule has 5 rings (SSSR count). The summed E-state index contributed by atoms with van der Waals surface area (Å²) in [6, 6.07) is 15.0. The van der Waals surface area contributed by atoms with Gasteiger partial charge in [0.05, 0.1) is 16.7 Å². The second kappa shape index (κ2) is 7.40. The normalized spacial score (nSPS) is 15.6. The van der Waals surface area contributed by atoms with E-state index < -0.39 is 0 Å². The highest BCUT2D eigenvalue weighted by atomic mass is 19.1. The SMILES string of the molecule is Fc1ccc(-c2cn3c4ccccc4nc3n2CCCN2CCCCC2)cc1. The third-order valence-electron chi connectivity index (χ3n) is 5.81. The number of benzene rings is 2. The lowest BCUT2D eigenvalue weighted by Gasteiger charge is -2.26. The van der Waals surface area contributed by atoms with Crippen LogP contribution in [-0.4, -0.2) is 38.5 Å². The molecule has 0 unspecified atom stereocenters. The number of para-hydroxylation sites is 2. The Morgan fingerprint density at radius 2 is 1.68 bits per heavy atom. The molecule has 1 fully saturated rings. The van der Waals surface area contributed by atoms with Gasteiger partial charge in [-0.15, -0.1) is 0 Å². The lowest BCUT2D eigenvalue weighted by molar-refractivity contribution is 0.223. The summed E-state index contributed by atoms with van der Waals surface area (Å²) in [6.07, 6.45) is 7.23. The van der Waals surface area contributed by atoms with Gasteiger partial charge in [0.2, 0.25) is 5.78 Å². The standard InChI is InChI=1S/C23H25FN4/c24-19-11-9-18(10-12-19)22-17-28-21-8-3-2-7-20(21)25-23(28)27(22)16-6-15-26-13-4-1-5-14-26/h2-3,7-12,17H,1,4-6,13-16H2. The molecule has 1 aliphatic heterocycles. The Bertz CT molecular complexity index is 1090. The van der Waals surface area contributed by atoms with E-state index in [2.05, 4.69) is 32.2 Å². The first-order valence-electron chi connectivity index (χ1n) is 10.2. The Morgan fingerprint density at radius 3 is 2.50 bits per heavy atom. The van der Waals surface area contributed by atoms with Crippen molar-refractivity contribution in [1.29, 1.82) is 0 Å². The van der Waals surface area contributed by atoms with E-state index in [9.17, 15) is 4.39 Å². The van der Waals surface area contributed by atoms with Crippen molar-refractivity contribution in [1.82, 2.24) is 18.9 Å². The molecule has 0 radical (unpaired) electrons. The highest BCUT2D eigenvalue weighted by molar-refractivity contribution is 5.81. The largest absolute Gasteiger partial charge is 0.310 e. The lowest BCUT2D eigenvalue weighted by Crippen LogP contribution is -2.31. The molecule has 0 bridgehead atoms. The average Bonchev–Trinajstić information content (AvgIpc) is 3.26. The molecule has 1 saturated heterocycles. The van der Waals surface area contributed by atoms with Crippen LogP contribution in [0.4, 0.5) is 4.39 Å². The van der Waals surface area contributed by atoms with Crippen molar-refractivity contribution in [2.45, 2.75) is 32.2 Å². The van der Waals surface area contributed by atoms with Crippen LogP contribution in [0.5, 0.6) is 0 Å². The molecule has 0 spiro atoms. The molecule has 0 amide bonds. The molecule has 0 atom stereocenters. The van der Waals surface area contributed by atoms with Crippen LogP contribution < -0.4 is 0 Å². The van der Waals surface area contributed by atoms with E-state index in [1.54, 1.807) is 0 Å². The number of halogens is 1. The molecule has 1 aliphatic rings. The average molecular weight is 376 g/mol. The summed E-state index contributed by atoms with van der Waals surface area (Å²) in [5, 5.41) is 0. The van der Waals surface area contributed by atoms with Crippen LogP contribution in [0.1, 0.15) is 25.7 Å². The fourth-order valence-electron chi connectivity index (χ4n) is 4.36. The first-order valence-corrected chi connectivity index (χ1v) is 10.2. The van der Waals surface area contributed by atoms with Crippen molar-refractivity contribution in [3.8, 4) is 11.3 Å². The van der Waals surface area contributed by atoms with Crippen LogP contribution in [0.2, 0.25) is 0 Å². The number of rotatable bonds is 5. The van der Waals surface area contributed by atoms with E-state index in [4.69, 9.17) is 4.98 Å². The third kappa shape index (κ3) is 3.20. The van der Waals surface area contributed by atoms with Crippen LogP contribution in [0.25, 0.3) is 28.1 Å². The summed E-state index contributed by atoms with van der Waals surface area (Å²) in [4.78, 5) is 7.46. The van der Waals surface area contributed by atoms with Crippen molar-refractivity contribution < 1.29 is 4.39 Å². The maximum atomic E-state index is 13.4. The van der Waals surface area contributed by atoms with Gasteiger partial charge in [-0.3, -0.25) is 4.40 Å². The predicted octanol–water partition coefficient (Wildman–Crippen LogP) is 4.97. The Labute approximate surface area is 164 Å². The topological polar surface area (TPSA) is 25.5 Å². The van der Waals surface area contributed by atoms with Gasteiger partial charge in [0, 0.05) is 12.7 Å². The van der Waals surface area contributed by atoms with E-state index in [0.717, 1.165) is 47.6 Å². The first-order chi connectivity index (χ1) is 13.8. The number of nitrogens with zero attached hydrogens (tertiary/aromatic N) is 4. The molecular weight excluding hydrogens is 351 g/mol. The molecule has 5 heteroatoms. The minimum atomic E-state index is -0.206. The number of hydrogen-bond acceptors (Lipinski definition) is 2. The number of hydrogen-bond donors (Lipinski definition) is 0. The number of imidazole rings is 2. The van der Waals surface area contributed by atoms with E-state index in [1.165, 1.54) is 44.5 Å². The van der Waals surface area contributed by atoms with Crippen molar-refractivity contribution in [3.05, 3.63) is 60.5 Å². The van der Waals surface area contributed by atoms with Crippen LogP contribution in [0.3, 0.4) is 0 Å². The van der Waals surface area contributed by atoms with Gasteiger partial charge in [0.25, 0.3) is 0 Å². The Kier molecular flexibility index (Phi) is 4.61. The molecule has 3 heterocycles. The number of fused-ring (bicyclic) bond motifs is 3. The van der Waals surface area contributed by atoms with Crippen molar-refractivity contribution in [2.75, 3.05) is 19.6 Å². The predicted molar refractivity (Wildman–Crippen MR) is 111 cm³/mol. The van der Waals surface area contributed by atoms with Crippen LogP contribution in [-0.2, 0) is 6.54 Å². The van der Waals surface area contributed by atoms with Gasteiger partial charge in [-0.2, -0.15) is 0 Å². The first kappa shape index (κ1) is 17.4. The molecule has 28 heavy (non-hydrogen) atoms. The Hall–Kier alpha value is -2.66. The third-order valence-corrected chi connectivity index (χ3v) is 5.81. The zero-order valence-corrected chi connectivity index (χ0v) is 16.0. The second-order valence-corrected chi connectivity index (χ2v) is 7.70. The monoisotopic (exact) mass is 376 g/mol. The van der Waals surface area contributed by atoms with Gasteiger partial charge < -0.3 is 9.47 Å². The summed E-state index contributed by atoms with van der Waals surface area (Å²) in [5.74, 6) is 0.751. The summed E-state index contributed by atoms with van der Waals surface area (Å²) in [5.41, 5.74) is 4.23. The van der Waals surface area contributed by atoms with Gasteiger partial charge in [0.15, 0.2) is 0 Å². The maximum Gasteiger partial charge on any atom is 0.215 e. The number of likely N-dealkylation sites (tertiary alicyclic amines) is 1. The fourth-order valence-corrected chi connectivity index (χ4v) is 4.36. The quantitative estimate of drug-likeness (QED) is 0.491. The van der Waals surface area contributed by atoms with E-state index in [1.807, 2.05) is 24.3 Å². The molecule has 2 aromatic heterocycles. The van der Waals surface area contributed by atoms with E-state index >= 15 is 0 Å². The number of piperidine rings is 1. The zero-order chi connectivity index (χ0) is 18.9. The molecule has 0 aliphatic carbocycles. The minimum Gasteiger partial charge on any atom is -0.310 e. The molecular formula is C23H25FN4. The summed E-state index contributed by atoms with van der Waals surface area (Å²) in [7, 11) is 0. The molecule has 0 saturated carbocycles. The Morgan fingerprint density at radius 1 is 0.893 bits per heavy atom. The number of aromatic nitrogens is 3. The van der Waals surface area contributed by atoms with E-state index in [-0.39, 0.29) is 5.82 Å². The fraction of sp³-hybridized carbons (Fsp3) is 0.348. The lowest BCUT2D eigenvalue weighted by atomic mass is 10.1. The van der Waals surface area contributed by atoms with E-state index in [0.29, 0.717) is 0 Å². The molecule has 2 aromatic carbocycles. The number of aryl methyl sites for hydroxylation is 1. The van der Waals surface area contributed by atoms with Gasteiger partial charge in [0.1, 0.15) is 5.82 Å².